The van der Waals surface area contributed by atoms with Gasteiger partial charge >= 0.3 is 0 Å². The van der Waals surface area contributed by atoms with Gasteiger partial charge < -0.3 is 15.1 Å². The van der Waals surface area contributed by atoms with Crippen molar-refractivity contribution in [1.82, 2.24) is 4.90 Å². The predicted molar refractivity (Wildman–Crippen MR) is 99.5 cm³/mol. The molecule has 0 unspecified atom stereocenters. The lowest BCUT2D eigenvalue weighted by Crippen LogP contribution is -2.48. The Hall–Kier alpha value is -2.96. The first-order valence-electron chi connectivity index (χ1n) is 8.85. The van der Waals surface area contributed by atoms with Crippen molar-refractivity contribution in [2.75, 3.05) is 36.4 Å². The molecule has 0 spiro atoms. The second-order valence-electron chi connectivity index (χ2n) is 6.40. The number of carbonyl (C=O) groups excluding carboxylic acids is 2. The molecular formula is C20H21F2N3O2. The number of anilines is 2. The van der Waals surface area contributed by atoms with Crippen molar-refractivity contribution >= 4 is 23.2 Å². The lowest BCUT2D eigenvalue weighted by atomic mass is 10.2. The van der Waals surface area contributed by atoms with E-state index in [-0.39, 0.29) is 36.3 Å². The Bertz CT molecular complexity index is 786. The van der Waals surface area contributed by atoms with E-state index in [1.54, 1.807) is 17.0 Å². The molecule has 7 heteroatoms. The van der Waals surface area contributed by atoms with Gasteiger partial charge in [0, 0.05) is 50.4 Å². The number of nitrogens with zero attached hydrogens (tertiary/aromatic N) is 2. The van der Waals surface area contributed by atoms with Gasteiger partial charge in [-0.15, -0.1) is 0 Å². The third-order valence-electron chi connectivity index (χ3n) is 4.52. The largest absolute Gasteiger partial charge is 0.368 e. The van der Waals surface area contributed by atoms with E-state index < -0.39 is 0 Å². The fourth-order valence-corrected chi connectivity index (χ4v) is 3.00. The number of carbonyl (C=O) groups is 2. The number of halogens is 2. The van der Waals surface area contributed by atoms with E-state index in [2.05, 4.69) is 10.2 Å². The van der Waals surface area contributed by atoms with E-state index >= 15 is 0 Å². The van der Waals surface area contributed by atoms with Gasteiger partial charge in [-0.2, -0.15) is 0 Å². The molecule has 1 aliphatic rings. The summed E-state index contributed by atoms with van der Waals surface area (Å²) in [5.41, 5.74) is 1.43. The molecule has 1 fully saturated rings. The maximum absolute atomic E-state index is 13.0. The zero-order chi connectivity index (χ0) is 19.2. The summed E-state index contributed by atoms with van der Waals surface area (Å²) in [6.45, 7) is 2.46. The summed E-state index contributed by atoms with van der Waals surface area (Å²) >= 11 is 0. The van der Waals surface area contributed by atoms with Gasteiger partial charge in [-0.3, -0.25) is 9.59 Å². The molecule has 3 rings (SSSR count). The van der Waals surface area contributed by atoms with Crippen LogP contribution in [0.3, 0.4) is 0 Å². The Morgan fingerprint density at radius 1 is 0.815 bits per heavy atom. The Morgan fingerprint density at radius 2 is 1.37 bits per heavy atom. The van der Waals surface area contributed by atoms with Crippen molar-refractivity contribution in [2.24, 2.45) is 0 Å². The van der Waals surface area contributed by atoms with Gasteiger partial charge in [0.05, 0.1) is 0 Å². The SMILES string of the molecule is O=C(CCC(=O)N1CCN(c2ccc(F)cc2)CC1)Nc1ccc(F)cc1. The highest BCUT2D eigenvalue weighted by molar-refractivity contribution is 5.93. The van der Waals surface area contributed by atoms with E-state index in [9.17, 15) is 18.4 Å². The molecule has 2 amide bonds. The molecule has 142 valence electrons. The van der Waals surface area contributed by atoms with Crippen LogP contribution in [0.4, 0.5) is 20.2 Å². The quantitative estimate of drug-likeness (QED) is 0.877. The molecule has 1 aliphatic heterocycles. The van der Waals surface area contributed by atoms with Crippen LogP contribution in [-0.2, 0) is 9.59 Å². The minimum absolute atomic E-state index is 0.0667. The van der Waals surface area contributed by atoms with Gasteiger partial charge in [-0.05, 0) is 48.5 Å². The van der Waals surface area contributed by atoms with E-state index in [1.807, 2.05) is 0 Å². The highest BCUT2D eigenvalue weighted by Gasteiger charge is 2.21. The van der Waals surface area contributed by atoms with Crippen LogP contribution in [0.2, 0.25) is 0 Å². The van der Waals surface area contributed by atoms with E-state index in [0.29, 0.717) is 31.9 Å². The molecule has 0 saturated carbocycles. The lowest BCUT2D eigenvalue weighted by molar-refractivity contribution is -0.133. The topological polar surface area (TPSA) is 52.7 Å². The predicted octanol–water partition coefficient (Wildman–Crippen LogP) is 3.03. The fourth-order valence-electron chi connectivity index (χ4n) is 3.00. The average molecular weight is 373 g/mol. The number of amides is 2. The second-order valence-corrected chi connectivity index (χ2v) is 6.40. The average Bonchev–Trinajstić information content (AvgIpc) is 2.69. The molecule has 27 heavy (non-hydrogen) atoms. The number of piperazine rings is 1. The standard InChI is InChI=1S/C20H21F2N3O2/c21-15-1-5-17(6-2-15)23-19(26)9-10-20(27)25-13-11-24(12-14-25)18-7-3-16(22)4-8-18/h1-8H,9-14H2,(H,23,26). The van der Waals surface area contributed by atoms with Gasteiger partial charge in [0.1, 0.15) is 11.6 Å². The minimum Gasteiger partial charge on any atom is -0.368 e. The molecule has 0 bridgehead atoms. The molecule has 2 aromatic carbocycles. The molecule has 0 aliphatic carbocycles. The van der Waals surface area contributed by atoms with E-state index in [0.717, 1.165) is 5.69 Å². The molecule has 0 atom stereocenters. The van der Waals surface area contributed by atoms with Crippen LogP contribution in [0.15, 0.2) is 48.5 Å². The Labute approximate surface area is 156 Å². The van der Waals surface area contributed by atoms with Gasteiger partial charge in [0.2, 0.25) is 11.8 Å². The molecule has 5 nitrogen and oxygen atoms in total. The van der Waals surface area contributed by atoms with Crippen molar-refractivity contribution < 1.29 is 18.4 Å². The first-order chi connectivity index (χ1) is 13.0. The number of benzene rings is 2. The summed E-state index contributed by atoms with van der Waals surface area (Å²) in [5, 5.41) is 2.65. The summed E-state index contributed by atoms with van der Waals surface area (Å²) in [5.74, 6) is -0.989. The van der Waals surface area contributed by atoms with Crippen molar-refractivity contribution in [2.45, 2.75) is 12.8 Å². The number of nitrogens with one attached hydrogen (secondary N) is 1. The molecule has 1 heterocycles. The lowest BCUT2D eigenvalue weighted by Gasteiger charge is -2.36. The van der Waals surface area contributed by atoms with Crippen molar-refractivity contribution in [3.8, 4) is 0 Å². The van der Waals surface area contributed by atoms with Gasteiger partial charge in [0.15, 0.2) is 0 Å². The number of hydrogen-bond donors (Lipinski definition) is 1. The Kier molecular flexibility index (Phi) is 6.01. The number of rotatable bonds is 5. The van der Waals surface area contributed by atoms with E-state index in [1.165, 1.54) is 36.4 Å². The van der Waals surface area contributed by atoms with Crippen molar-refractivity contribution in [3.05, 3.63) is 60.2 Å². The maximum atomic E-state index is 13.0. The van der Waals surface area contributed by atoms with Crippen molar-refractivity contribution in [3.63, 3.8) is 0 Å². The summed E-state index contributed by atoms with van der Waals surface area (Å²) in [4.78, 5) is 28.1. The molecule has 0 radical (unpaired) electrons. The third kappa shape index (κ3) is 5.26. The monoisotopic (exact) mass is 373 g/mol. The molecule has 1 saturated heterocycles. The van der Waals surface area contributed by atoms with Gasteiger partial charge in [0.25, 0.3) is 0 Å². The first kappa shape index (κ1) is 18.8. The fraction of sp³-hybridized carbons (Fsp3) is 0.300. The highest BCUT2D eigenvalue weighted by Crippen LogP contribution is 2.17. The van der Waals surface area contributed by atoms with Gasteiger partial charge in [-0.1, -0.05) is 0 Å². The van der Waals surface area contributed by atoms with Crippen LogP contribution >= 0.6 is 0 Å². The molecule has 0 aromatic heterocycles. The number of hydrogen-bond acceptors (Lipinski definition) is 3. The molecule has 2 aromatic rings. The second kappa shape index (κ2) is 8.62. The summed E-state index contributed by atoms with van der Waals surface area (Å²) < 4.78 is 25.9. The van der Waals surface area contributed by atoms with Crippen LogP contribution < -0.4 is 10.2 Å². The van der Waals surface area contributed by atoms with E-state index in [4.69, 9.17) is 0 Å². The van der Waals surface area contributed by atoms with Crippen LogP contribution in [0.25, 0.3) is 0 Å². The molecule has 1 N–H and O–H groups in total. The molecular weight excluding hydrogens is 352 g/mol. The van der Waals surface area contributed by atoms with Crippen LogP contribution in [0.5, 0.6) is 0 Å². The first-order valence-corrected chi connectivity index (χ1v) is 8.85. The van der Waals surface area contributed by atoms with Crippen LogP contribution in [-0.4, -0.2) is 42.9 Å². The zero-order valence-electron chi connectivity index (χ0n) is 14.8. The van der Waals surface area contributed by atoms with Gasteiger partial charge in [-0.25, -0.2) is 8.78 Å². The van der Waals surface area contributed by atoms with Crippen LogP contribution in [0.1, 0.15) is 12.8 Å². The smallest absolute Gasteiger partial charge is 0.224 e. The Balaban J connectivity index is 1.42. The maximum Gasteiger partial charge on any atom is 0.224 e. The minimum atomic E-state index is -0.372. The Morgan fingerprint density at radius 3 is 1.96 bits per heavy atom. The summed E-state index contributed by atoms with van der Waals surface area (Å²) in [6, 6.07) is 11.8. The van der Waals surface area contributed by atoms with Crippen LogP contribution in [0, 0.1) is 11.6 Å². The normalized spacial score (nSPS) is 14.1. The summed E-state index contributed by atoms with van der Waals surface area (Å²) in [7, 11) is 0. The third-order valence-corrected chi connectivity index (χ3v) is 4.52. The highest BCUT2D eigenvalue weighted by atomic mass is 19.1. The van der Waals surface area contributed by atoms with Crippen molar-refractivity contribution in [1.29, 1.82) is 0 Å². The zero-order valence-corrected chi connectivity index (χ0v) is 14.8. The summed E-state index contributed by atoms with van der Waals surface area (Å²) in [6.07, 6.45) is 0.206.